The summed E-state index contributed by atoms with van der Waals surface area (Å²) in [7, 11) is 3.23. The average Bonchev–Trinajstić information content (AvgIpc) is 3.28. The van der Waals surface area contributed by atoms with E-state index in [4.69, 9.17) is 30.8 Å². The van der Waals surface area contributed by atoms with Gasteiger partial charge in [0.25, 0.3) is 0 Å². The Bertz CT molecular complexity index is 942. The molecule has 0 radical (unpaired) electrons. The van der Waals surface area contributed by atoms with Crippen molar-refractivity contribution >= 4 is 23.0 Å². The second-order valence-electron chi connectivity index (χ2n) is 6.51. The van der Waals surface area contributed by atoms with Gasteiger partial charge in [-0.05, 0) is 61.1 Å². The van der Waals surface area contributed by atoms with Crippen molar-refractivity contribution in [2.45, 2.75) is 20.0 Å². The lowest BCUT2D eigenvalue weighted by atomic mass is 10.2. The summed E-state index contributed by atoms with van der Waals surface area (Å²) in [4.78, 5) is 2.04. The Labute approximate surface area is 182 Å². The quantitative estimate of drug-likeness (QED) is 0.478. The fourth-order valence-electron chi connectivity index (χ4n) is 2.96. The highest BCUT2D eigenvalue weighted by Gasteiger charge is 2.15. The molecule has 0 saturated heterocycles. The van der Waals surface area contributed by atoms with E-state index in [1.165, 1.54) is 0 Å². The van der Waals surface area contributed by atoms with Crippen LogP contribution in [0.4, 0.5) is 5.69 Å². The van der Waals surface area contributed by atoms with Gasteiger partial charge >= 0.3 is 0 Å². The Morgan fingerprint density at radius 2 is 1.77 bits per heavy atom. The minimum Gasteiger partial charge on any atom is -0.497 e. The lowest BCUT2D eigenvalue weighted by Crippen LogP contribution is -2.33. The maximum Gasteiger partial charge on any atom is 0.174 e. The Balaban J connectivity index is 1.78. The van der Waals surface area contributed by atoms with Crippen LogP contribution in [0.25, 0.3) is 0 Å². The van der Waals surface area contributed by atoms with Crippen LogP contribution < -0.4 is 19.5 Å². The Morgan fingerprint density at radius 1 is 1.00 bits per heavy atom. The van der Waals surface area contributed by atoms with E-state index < -0.39 is 0 Å². The largest absolute Gasteiger partial charge is 0.497 e. The van der Waals surface area contributed by atoms with Gasteiger partial charge in [-0.1, -0.05) is 12.1 Å². The zero-order valence-corrected chi connectivity index (χ0v) is 18.2. The predicted octanol–water partition coefficient (Wildman–Crippen LogP) is 5.09. The molecular weight excluding hydrogens is 400 g/mol. The van der Waals surface area contributed by atoms with E-state index in [0.717, 1.165) is 22.8 Å². The highest BCUT2D eigenvalue weighted by molar-refractivity contribution is 7.80. The number of methoxy groups -OCH3 is 2. The van der Waals surface area contributed by atoms with E-state index in [9.17, 15) is 0 Å². The molecule has 0 aliphatic heterocycles. The van der Waals surface area contributed by atoms with Crippen molar-refractivity contribution in [2.75, 3.05) is 26.1 Å². The van der Waals surface area contributed by atoms with Crippen molar-refractivity contribution in [3.63, 3.8) is 0 Å². The van der Waals surface area contributed by atoms with Gasteiger partial charge in [0, 0.05) is 12.6 Å². The van der Waals surface area contributed by atoms with Crippen LogP contribution in [0.15, 0.2) is 65.3 Å². The SMILES string of the molecule is CCOc1ccc(CN(Cc2ccco2)C(=S)Nc2ccc(OC)cc2OC)cc1. The minimum atomic E-state index is 0.532. The Hall–Kier alpha value is -3.19. The van der Waals surface area contributed by atoms with Gasteiger partial charge in [0.2, 0.25) is 0 Å². The summed E-state index contributed by atoms with van der Waals surface area (Å²) in [5, 5.41) is 3.85. The lowest BCUT2D eigenvalue weighted by molar-refractivity contribution is 0.339. The predicted molar refractivity (Wildman–Crippen MR) is 121 cm³/mol. The lowest BCUT2D eigenvalue weighted by Gasteiger charge is -2.26. The van der Waals surface area contributed by atoms with Crippen LogP contribution in [-0.4, -0.2) is 30.8 Å². The van der Waals surface area contributed by atoms with Crippen LogP contribution >= 0.6 is 12.2 Å². The van der Waals surface area contributed by atoms with E-state index in [0.29, 0.717) is 36.3 Å². The summed E-state index contributed by atoms with van der Waals surface area (Å²) in [5.41, 5.74) is 1.87. The molecule has 1 aromatic heterocycles. The maximum atomic E-state index is 5.73. The molecule has 158 valence electrons. The topological polar surface area (TPSA) is 56.1 Å². The molecule has 0 spiro atoms. The van der Waals surface area contributed by atoms with Crippen LogP contribution in [0.2, 0.25) is 0 Å². The summed E-state index contributed by atoms with van der Waals surface area (Å²) < 4.78 is 21.8. The maximum absolute atomic E-state index is 5.73. The molecule has 0 bridgehead atoms. The summed E-state index contributed by atoms with van der Waals surface area (Å²) in [6, 6.07) is 17.4. The molecule has 6 nitrogen and oxygen atoms in total. The minimum absolute atomic E-state index is 0.532. The van der Waals surface area contributed by atoms with Crippen LogP contribution in [0.3, 0.4) is 0 Å². The van der Waals surface area contributed by atoms with Crippen molar-refractivity contribution in [2.24, 2.45) is 0 Å². The number of hydrogen-bond donors (Lipinski definition) is 1. The zero-order chi connectivity index (χ0) is 21.3. The number of hydrogen-bond acceptors (Lipinski definition) is 5. The van der Waals surface area contributed by atoms with Gasteiger partial charge < -0.3 is 28.8 Å². The number of nitrogens with zero attached hydrogens (tertiary/aromatic N) is 1. The monoisotopic (exact) mass is 426 g/mol. The van der Waals surface area contributed by atoms with Crippen molar-refractivity contribution in [3.05, 3.63) is 72.2 Å². The first-order chi connectivity index (χ1) is 14.6. The second kappa shape index (κ2) is 10.5. The van der Waals surface area contributed by atoms with E-state index in [-0.39, 0.29) is 0 Å². The molecule has 0 aliphatic rings. The number of benzene rings is 2. The van der Waals surface area contributed by atoms with Crippen molar-refractivity contribution in [3.8, 4) is 17.2 Å². The molecule has 1 heterocycles. The molecule has 0 fully saturated rings. The van der Waals surface area contributed by atoms with Crippen molar-refractivity contribution < 1.29 is 18.6 Å². The highest BCUT2D eigenvalue weighted by Crippen LogP contribution is 2.29. The number of thiocarbonyl (C=S) groups is 1. The van der Waals surface area contributed by atoms with Gasteiger partial charge in [-0.3, -0.25) is 0 Å². The van der Waals surface area contributed by atoms with Gasteiger partial charge in [-0.2, -0.15) is 0 Å². The van der Waals surface area contributed by atoms with Crippen molar-refractivity contribution in [1.82, 2.24) is 4.90 Å². The van der Waals surface area contributed by atoms with Crippen molar-refractivity contribution in [1.29, 1.82) is 0 Å². The summed E-state index contributed by atoms with van der Waals surface area (Å²) in [5.74, 6) is 3.04. The molecule has 3 aromatic rings. The molecule has 0 atom stereocenters. The zero-order valence-electron chi connectivity index (χ0n) is 17.4. The first kappa shape index (κ1) is 21.5. The first-order valence-electron chi connectivity index (χ1n) is 9.65. The van der Waals surface area contributed by atoms with Crippen LogP contribution in [-0.2, 0) is 13.1 Å². The summed E-state index contributed by atoms with van der Waals surface area (Å²) >= 11 is 5.73. The fraction of sp³-hybridized carbons (Fsp3) is 0.261. The van der Waals surface area contributed by atoms with Gasteiger partial charge in [0.05, 0.1) is 39.3 Å². The van der Waals surface area contributed by atoms with E-state index in [1.54, 1.807) is 20.5 Å². The number of anilines is 1. The molecule has 30 heavy (non-hydrogen) atoms. The number of furan rings is 1. The average molecular weight is 427 g/mol. The van der Waals surface area contributed by atoms with Gasteiger partial charge in [-0.25, -0.2) is 0 Å². The molecule has 3 rings (SSSR count). The number of rotatable bonds is 9. The smallest absolute Gasteiger partial charge is 0.174 e. The normalized spacial score (nSPS) is 10.4. The summed E-state index contributed by atoms with van der Waals surface area (Å²) in [6.07, 6.45) is 1.66. The molecule has 0 amide bonds. The van der Waals surface area contributed by atoms with E-state index >= 15 is 0 Å². The third kappa shape index (κ3) is 5.67. The molecule has 0 unspecified atom stereocenters. The third-order valence-electron chi connectivity index (χ3n) is 4.47. The first-order valence-corrected chi connectivity index (χ1v) is 10.1. The van der Waals surface area contributed by atoms with Gasteiger partial charge in [0.15, 0.2) is 5.11 Å². The van der Waals surface area contributed by atoms with Crippen LogP contribution in [0, 0.1) is 0 Å². The number of ether oxygens (including phenoxy) is 3. The van der Waals surface area contributed by atoms with E-state index in [1.807, 2.05) is 66.4 Å². The standard InChI is InChI=1S/C23H26N2O4S/c1-4-28-18-9-7-17(8-10-18)15-25(16-20-6-5-13-29-20)23(30)24-21-12-11-19(26-2)14-22(21)27-3/h5-14H,4,15-16H2,1-3H3,(H,24,30). The Kier molecular flexibility index (Phi) is 7.57. The highest BCUT2D eigenvalue weighted by atomic mass is 32.1. The molecule has 0 aliphatic carbocycles. The number of nitrogens with one attached hydrogen (secondary N) is 1. The molecule has 0 saturated carbocycles. The molecular formula is C23H26N2O4S. The van der Waals surface area contributed by atoms with Gasteiger partial charge in [0.1, 0.15) is 23.0 Å². The second-order valence-corrected chi connectivity index (χ2v) is 6.90. The Morgan fingerprint density at radius 3 is 2.40 bits per heavy atom. The van der Waals surface area contributed by atoms with Gasteiger partial charge in [-0.15, -0.1) is 0 Å². The molecule has 2 aromatic carbocycles. The third-order valence-corrected chi connectivity index (χ3v) is 4.83. The fourth-order valence-corrected chi connectivity index (χ4v) is 3.20. The van der Waals surface area contributed by atoms with E-state index in [2.05, 4.69) is 5.32 Å². The molecule has 1 N–H and O–H groups in total. The van der Waals surface area contributed by atoms with Crippen LogP contribution in [0.1, 0.15) is 18.2 Å². The van der Waals surface area contributed by atoms with Crippen LogP contribution in [0.5, 0.6) is 17.2 Å². The molecule has 7 heteroatoms. The summed E-state index contributed by atoms with van der Waals surface area (Å²) in [6.45, 7) is 3.75.